The maximum absolute atomic E-state index is 11.9. The van der Waals surface area contributed by atoms with E-state index in [1.54, 1.807) is 0 Å². The molecule has 1 atom stereocenters. The SMILES string of the molecule is [O-][S+](CC=Cc1ccccc1)c1ccccc1. The van der Waals surface area contributed by atoms with Crippen molar-refractivity contribution in [2.24, 2.45) is 0 Å². The molecule has 2 aromatic carbocycles. The molecule has 2 rings (SSSR count). The third-order valence-electron chi connectivity index (χ3n) is 2.36. The monoisotopic (exact) mass is 242 g/mol. The summed E-state index contributed by atoms with van der Waals surface area (Å²) in [5.74, 6) is 0.554. The van der Waals surface area contributed by atoms with Crippen LogP contribution in [0, 0.1) is 0 Å². The van der Waals surface area contributed by atoms with Crippen LogP contribution in [0.15, 0.2) is 71.6 Å². The van der Waals surface area contributed by atoms with Gasteiger partial charge in [-0.15, -0.1) is 0 Å². The zero-order chi connectivity index (χ0) is 11.9. The second-order valence-electron chi connectivity index (χ2n) is 3.64. The van der Waals surface area contributed by atoms with Crippen molar-refractivity contribution in [1.29, 1.82) is 0 Å². The summed E-state index contributed by atoms with van der Waals surface area (Å²) in [5, 5.41) is 0. The molecule has 17 heavy (non-hydrogen) atoms. The molecule has 0 saturated heterocycles. The predicted octanol–water partition coefficient (Wildman–Crippen LogP) is 3.51. The van der Waals surface area contributed by atoms with Crippen LogP contribution in [0.2, 0.25) is 0 Å². The Hall–Kier alpha value is -1.51. The highest BCUT2D eigenvalue weighted by molar-refractivity contribution is 7.91. The van der Waals surface area contributed by atoms with Crippen LogP contribution in [0.4, 0.5) is 0 Å². The van der Waals surface area contributed by atoms with Crippen LogP contribution in [0.1, 0.15) is 5.56 Å². The average molecular weight is 242 g/mol. The van der Waals surface area contributed by atoms with Gasteiger partial charge >= 0.3 is 0 Å². The first-order valence-electron chi connectivity index (χ1n) is 5.51. The summed E-state index contributed by atoms with van der Waals surface area (Å²) in [6.45, 7) is 0. The van der Waals surface area contributed by atoms with Gasteiger partial charge in [-0.3, -0.25) is 0 Å². The van der Waals surface area contributed by atoms with Gasteiger partial charge in [0.15, 0.2) is 4.90 Å². The Labute approximate surface area is 105 Å². The molecule has 0 aromatic heterocycles. The van der Waals surface area contributed by atoms with E-state index in [1.807, 2.05) is 72.8 Å². The summed E-state index contributed by atoms with van der Waals surface area (Å²) < 4.78 is 11.9. The van der Waals surface area contributed by atoms with E-state index in [1.165, 1.54) is 0 Å². The Morgan fingerprint density at radius 3 is 2.12 bits per heavy atom. The van der Waals surface area contributed by atoms with Gasteiger partial charge < -0.3 is 4.55 Å². The highest BCUT2D eigenvalue weighted by atomic mass is 32.2. The van der Waals surface area contributed by atoms with Crippen molar-refractivity contribution in [2.45, 2.75) is 4.90 Å². The lowest BCUT2D eigenvalue weighted by Gasteiger charge is -2.07. The number of hydrogen-bond acceptors (Lipinski definition) is 1. The molecule has 0 amide bonds. The van der Waals surface area contributed by atoms with Crippen LogP contribution < -0.4 is 0 Å². The molecular formula is C15H14OS. The number of rotatable bonds is 4. The van der Waals surface area contributed by atoms with Gasteiger partial charge in [0.2, 0.25) is 0 Å². The first kappa shape index (κ1) is 12.0. The maximum atomic E-state index is 11.9. The molecule has 0 N–H and O–H groups in total. The first-order chi connectivity index (χ1) is 8.36. The van der Waals surface area contributed by atoms with Crippen molar-refractivity contribution in [1.82, 2.24) is 0 Å². The lowest BCUT2D eigenvalue weighted by molar-refractivity contribution is 0.598. The van der Waals surface area contributed by atoms with E-state index >= 15 is 0 Å². The molecule has 1 nitrogen and oxygen atoms in total. The predicted molar refractivity (Wildman–Crippen MR) is 73.2 cm³/mol. The molecule has 0 heterocycles. The molecule has 86 valence electrons. The van der Waals surface area contributed by atoms with E-state index in [9.17, 15) is 4.55 Å². The molecule has 0 bridgehead atoms. The lowest BCUT2D eigenvalue weighted by atomic mass is 10.2. The van der Waals surface area contributed by atoms with E-state index < -0.39 is 11.2 Å². The van der Waals surface area contributed by atoms with Crippen LogP contribution >= 0.6 is 0 Å². The second-order valence-corrected chi connectivity index (χ2v) is 5.13. The molecule has 0 fully saturated rings. The van der Waals surface area contributed by atoms with Crippen LogP contribution in [-0.2, 0) is 11.2 Å². The third-order valence-corrected chi connectivity index (χ3v) is 3.66. The summed E-state index contributed by atoms with van der Waals surface area (Å²) in [4.78, 5) is 0.880. The first-order valence-corrected chi connectivity index (χ1v) is 6.83. The minimum atomic E-state index is -0.944. The van der Waals surface area contributed by atoms with Crippen LogP contribution in [0.3, 0.4) is 0 Å². The fourth-order valence-electron chi connectivity index (χ4n) is 1.50. The van der Waals surface area contributed by atoms with Gasteiger partial charge in [-0.05, 0) is 34.9 Å². The molecule has 0 radical (unpaired) electrons. The summed E-state index contributed by atoms with van der Waals surface area (Å²) >= 11 is -0.944. The summed E-state index contributed by atoms with van der Waals surface area (Å²) in [5.41, 5.74) is 1.14. The largest absolute Gasteiger partial charge is 0.611 e. The Bertz CT molecular complexity index is 465. The minimum Gasteiger partial charge on any atom is -0.611 e. The van der Waals surface area contributed by atoms with E-state index in [0.29, 0.717) is 5.75 Å². The topological polar surface area (TPSA) is 23.1 Å². The van der Waals surface area contributed by atoms with Gasteiger partial charge in [-0.1, -0.05) is 54.6 Å². The Balaban J connectivity index is 1.93. The fraction of sp³-hybridized carbons (Fsp3) is 0.0667. The molecule has 0 aliphatic rings. The van der Waals surface area contributed by atoms with Gasteiger partial charge in [0.25, 0.3) is 0 Å². The molecule has 0 aliphatic heterocycles. The maximum Gasteiger partial charge on any atom is 0.152 e. The van der Waals surface area contributed by atoms with Crippen molar-refractivity contribution in [3.63, 3.8) is 0 Å². The van der Waals surface area contributed by atoms with Gasteiger partial charge in [0.05, 0.1) is 0 Å². The minimum absolute atomic E-state index is 0.554. The Kier molecular flexibility index (Phi) is 4.42. The molecule has 1 unspecified atom stereocenters. The van der Waals surface area contributed by atoms with Crippen LogP contribution in [0.5, 0.6) is 0 Å². The molecule has 2 aromatic rings. The van der Waals surface area contributed by atoms with Crippen molar-refractivity contribution < 1.29 is 4.55 Å². The summed E-state index contributed by atoms with van der Waals surface area (Å²) in [7, 11) is 0. The van der Waals surface area contributed by atoms with Gasteiger partial charge in [-0.25, -0.2) is 0 Å². The van der Waals surface area contributed by atoms with Gasteiger partial charge in [-0.2, -0.15) is 0 Å². The van der Waals surface area contributed by atoms with Crippen molar-refractivity contribution in [3.05, 3.63) is 72.3 Å². The van der Waals surface area contributed by atoms with Crippen molar-refractivity contribution >= 4 is 17.3 Å². The average Bonchev–Trinajstić information content (AvgIpc) is 2.41. The van der Waals surface area contributed by atoms with Crippen molar-refractivity contribution in [2.75, 3.05) is 5.75 Å². The number of hydrogen-bond donors (Lipinski definition) is 0. The standard InChI is InChI=1S/C15H14OS/c16-17(15-11-5-2-6-12-15)13-7-10-14-8-3-1-4-9-14/h1-12H,13H2. The lowest BCUT2D eigenvalue weighted by Crippen LogP contribution is -2.04. The van der Waals surface area contributed by atoms with Crippen molar-refractivity contribution in [3.8, 4) is 0 Å². The molecule has 0 aliphatic carbocycles. The Morgan fingerprint density at radius 2 is 1.47 bits per heavy atom. The highest BCUT2D eigenvalue weighted by Gasteiger charge is 2.06. The van der Waals surface area contributed by atoms with E-state index in [4.69, 9.17) is 0 Å². The van der Waals surface area contributed by atoms with Gasteiger partial charge in [0, 0.05) is 0 Å². The second kappa shape index (κ2) is 6.28. The van der Waals surface area contributed by atoms with E-state index in [2.05, 4.69) is 0 Å². The quantitative estimate of drug-likeness (QED) is 0.752. The smallest absolute Gasteiger partial charge is 0.152 e. The Morgan fingerprint density at radius 1 is 0.882 bits per heavy atom. The normalized spacial score (nSPS) is 12.8. The zero-order valence-corrected chi connectivity index (χ0v) is 10.3. The summed E-state index contributed by atoms with van der Waals surface area (Å²) in [6.07, 6.45) is 3.96. The van der Waals surface area contributed by atoms with Crippen LogP contribution in [-0.4, -0.2) is 10.3 Å². The van der Waals surface area contributed by atoms with Crippen LogP contribution in [0.25, 0.3) is 6.08 Å². The fourth-order valence-corrected chi connectivity index (χ4v) is 2.43. The van der Waals surface area contributed by atoms with Gasteiger partial charge in [0.1, 0.15) is 5.75 Å². The third kappa shape index (κ3) is 3.77. The highest BCUT2D eigenvalue weighted by Crippen LogP contribution is 2.11. The number of benzene rings is 2. The molecule has 2 heteroatoms. The summed E-state index contributed by atoms with van der Waals surface area (Å²) in [6, 6.07) is 19.6. The molecule has 0 saturated carbocycles. The molecular weight excluding hydrogens is 228 g/mol. The van der Waals surface area contributed by atoms with E-state index in [-0.39, 0.29) is 0 Å². The van der Waals surface area contributed by atoms with E-state index in [0.717, 1.165) is 10.5 Å². The zero-order valence-electron chi connectivity index (χ0n) is 9.45. The molecule has 0 spiro atoms.